The second-order valence-corrected chi connectivity index (χ2v) is 5.53. The van der Waals surface area contributed by atoms with E-state index in [1.807, 2.05) is 12.3 Å². The normalized spacial score (nSPS) is 11.2. The molecule has 128 valence electrons. The zero-order valence-corrected chi connectivity index (χ0v) is 13.4. The lowest BCUT2D eigenvalue weighted by molar-refractivity contribution is -0.144. The molecule has 3 aromatic rings. The first-order chi connectivity index (χ1) is 12.1. The van der Waals surface area contributed by atoms with Gasteiger partial charge in [-0.2, -0.15) is 5.48 Å². The Morgan fingerprint density at radius 1 is 1.12 bits per heavy atom. The molecule has 4 N–H and O–H groups in total. The smallest absolute Gasteiger partial charge is 0.349 e. The van der Waals surface area contributed by atoms with Gasteiger partial charge in [0.15, 0.2) is 0 Å². The molecule has 0 aliphatic heterocycles. The van der Waals surface area contributed by atoms with Crippen molar-refractivity contribution in [2.45, 2.75) is 6.42 Å². The summed E-state index contributed by atoms with van der Waals surface area (Å²) in [7, 11) is 0. The number of rotatable bonds is 6. The van der Waals surface area contributed by atoms with Crippen LogP contribution >= 0.6 is 0 Å². The number of aromatic hydroxyl groups is 2. The van der Waals surface area contributed by atoms with Gasteiger partial charge in [-0.25, -0.2) is 4.79 Å². The van der Waals surface area contributed by atoms with Crippen LogP contribution in [0.15, 0.2) is 54.7 Å². The first-order valence-electron chi connectivity index (χ1n) is 7.81. The van der Waals surface area contributed by atoms with Crippen molar-refractivity contribution in [3.8, 4) is 11.5 Å². The van der Waals surface area contributed by atoms with Crippen LogP contribution in [-0.2, 0) is 16.1 Å². The lowest BCUT2D eigenvalue weighted by Gasteiger charge is -2.03. The van der Waals surface area contributed by atoms with Gasteiger partial charge < -0.3 is 20.0 Å². The minimum atomic E-state index is -0.510. The van der Waals surface area contributed by atoms with E-state index in [2.05, 4.69) is 10.5 Å². The van der Waals surface area contributed by atoms with Crippen LogP contribution in [0.1, 0.15) is 11.1 Å². The Morgan fingerprint density at radius 3 is 2.68 bits per heavy atom. The van der Waals surface area contributed by atoms with Crippen LogP contribution < -0.4 is 5.48 Å². The van der Waals surface area contributed by atoms with Gasteiger partial charge in [0.05, 0.1) is 0 Å². The van der Waals surface area contributed by atoms with E-state index in [1.165, 1.54) is 6.08 Å². The lowest BCUT2D eigenvalue weighted by atomic mass is 10.1. The Kier molecular flexibility index (Phi) is 5.01. The fraction of sp³-hybridized carbons (Fsp3) is 0.105. The summed E-state index contributed by atoms with van der Waals surface area (Å²) >= 11 is 0. The zero-order chi connectivity index (χ0) is 17.6. The monoisotopic (exact) mass is 338 g/mol. The van der Waals surface area contributed by atoms with Crippen LogP contribution in [0.2, 0.25) is 0 Å². The Balaban J connectivity index is 1.46. The van der Waals surface area contributed by atoms with Crippen LogP contribution in [0, 0.1) is 0 Å². The van der Waals surface area contributed by atoms with Gasteiger partial charge in [-0.1, -0.05) is 12.1 Å². The molecular formula is C19H18N2O4. The van der Waals surface area contributed by atoms with Gasteiger partial charge in [-0.3, -0.25) is 0 Å². The maximum absolute atomic E-state index is 11.6. The van der Waals surface area contributed by atoms with Gasteiger partial charge in [0.1, 0.15) is 11.5 Å². The number of phenolic OH excluding ortho intramolecular Hbond substituents is 2. The first kappa shape index (κ1) is 16.6. The highest BCUT2D eigenvalue weighted by atomic mass is 16.7. The number of hydroxylamine groups is 1. The number of hydrogen-bond acceptors (Lipinski definition) is 5. The number of aromatic nitrogens is 1. The molecule has 0 saturated carbocycles. The van der Waals surface area contributed by atoms with E-state index in [1.54, 1.807) is 42.5 Å². The van der Waals surface area contributed by atoms with Crippen molar-refractivity contribution in [1.82, 2.24) is 10.5 Å². The molecule has 25 heavy (non-hydrogen) atoms. The van der Waals surface area contributed by atoms with Crippen molar-refractivity contribution in [1.29, 1.82) is 0 Å². The van der Waals surface area contributed by atoms with E-state index in [-0.39, 0.29) is 11.5 Å². The summed E-state index contributed by atoms with van der Waals surface area (Å²) in [6, 6.07) is 11.6. The van der Waals surface area contributed by atoms with Gasteiger partial charge in [-0.15, -0.1) is 0 Å². The molecule has 2 aromatic carbocycles. The molecule has 0 atom stereocenters. The van der Waals surface area contributed by atoms with Gasteiger partial charge in [-0.05, 0) is 54.0 Å². The molecule has 3 rings (SSSR count). The number of benzene rings is 2. The van der Waals surface area contributed by atoms with E-state index >= 15 is 0 Å². The third-order valence-corrected chi connectivity index (χ3v) is 3.73. The number of phenols is 2. The molecule has 0 radical (unpaired) electrons. The third-order valence-electron chi connectivity index (χ3n) is 3.73. The standard InChI is InChI=1S/C19H18N2O4/c22-15-4-1-13(2-5-15)3-8-19(24)25-21-10-9-14-12-20-18-7-6-16(23)11-17(14)18/h1-8,11-12,20-23H,9-10H2/b8-3+. The van der Waals surface area contributed by atoms with E-state index < -0.39 is 5.97 Å². The van der Waals surface area contributed by atoms with Gasteiger partial charge in [0, 0.05) is 29.7 Å². The summed E-state index contributed by atoms with van der Waals surface area (Å²) in [6.07, 6.45) is 5.42. The molecule has 0 saturated heterocycles. The van der Waals surface area contributed by atoms with Crippen LogP contribution in [0.25, 0.3) is 17.0 Å². The second-order valence-electron chi connectivity index (χ2n) is 5.53. The molecule has 0 fully saturated rings. The summed E-state index contributed by atoms with van der Waals surface area (Å²) in [4.78, 5) is 19.7. The number of carbonyl (C=O) groups excluding carboxylic acids is 1. The molecule has 0 unspecified atom stereocenters. The number of nitrogens with one attached hydrogen (secondary N) is 2. The fourth-order valence-electron chi connectivity index (χ4n) is 2.46. The van der Waals surface area contributed by atoms with E-state index in [9.17, 15) is 15.0 Å². The molecule has 0 amide bonds. The number of fused-ring (bicyclic) bond motifs is 1. The SMILES string of the molecule is O=C(/C=C/c1ccc(O)cc1)ONCCc1c[nH]c2ccc(O)cc12. The van der Waals surface area contributed by atoms with Crippen molar-refractivity contribution in [3.63, 3.8) is 0 Å². The third kappa shape index (κ3) is 4.39. The maximum atomic E-state index is 11.6. The van der Waals surface area contributed by atoms with Crippen molar-refractivity contribution < 1.29 is 19.8 Å². The van der Waals surface area contributed by atoms with Crippen molar-refractivity contribution in [3.05, 3.63) is 65.9 Å². The number of hydrogen-bond donors (Lipinski definition) is 4. The highest BCUT2D eigenvalue weighted by Gasteiger charge is 2.05. The van der Waals surface area contributed by atoms with Gasteiger partial charge in [0.2, 0.25) is 0 Å². The van der Waals surface area contributed by atoms with Crippen molar-refractivity contribution in [2.24, 2.45) is 0 Å². The first-order valence-corrected chi connectivity index (χ1v) is 7.81. The number of H-pyrrole nitrogens is 1. The summed E-state index contributed by atoms with van der Waals surface area (Å²) in [5.74, 6) is -0.122. The number of carbonyl (C=O) groups is 1. The molecule has 6 heteroatoms. The molecular weight excluding hydrogens is 320 g/mol. The Morgan fingerprint density at radius 2 is 1.88 bits per heavy atom. The Bertz CT molecular complexity index is 897. The minimum Gasteiger partial charge on any atom is -0.508 e. The zero-order valence-electron chi connectivity index (χ0n) is 13.4. The molecule has 0 bridgehead atoms. The quantitative estimate of drug-likeness (QED) is 0.315. The predicted octanol–water partition coefficient (Wildman–Crippen LogP) is 2.88. The Hall–Kier alpha value is -3.25. The van der Waals surface area contributed by atoms with Crippen LogP contribution in [0.4, 0.5) is 0 Å². The predicted molar refractivity (Wildman–Crippen MR) is 94.9 cm³/mol. The van der Waals surface area contributed by atoms with Crippen LogP contribution in [-0.4, -0.2) is 27.7 Å². The molecule has 0 spiro atoms. The van der Waals surface area contributed by atoms with E-state index in [0.717, 1.165) is 22.0 Å². The summed E-state index contributed by atoms with van der Waals surface area (Å²) in [5.41, 5.74) is 5.38. The highest BCUT2D eigenvalue weighted by Crippen LogP contribution is 2.23. The lowest BCUT2D eigenvalue weighted by Crippen LogP contribution is -2.21. The largest absolute Gasteiger partial charge is 0.508 e. The summed E-state index contributed by atoms with van der Waals surface area (Å²) in [5, 5.41) is 19.7. The summed E-state index contributed by atoms with van der Waals surface area (Å²) < 4.78 is 0. The van der Waals surface area contributed by atoms with Gasteiger partial charge in [0.25, 0.3) is 0 Å². The average Bonchev–Trinajstić information content (AvgIpc) is 3.00. The topological polar surface area (TPSA) is 94.6 Å². The fourth-order valence-corrected chi connectivity index (χ4v) is 2.46. The van der Waals surface area contributed by atoms with Crippen molar-refractivity contribution in [2.75, 3.05) is 6.54 Å². The van der Waals surface area contributed by atoms with Crippen LogP contribution in [0.3, 0.4) is 0 Å². The van der Waals surface area contributed by atoms with Crippen LogP contribution in [0.5, 0.6) is 11.5 Å². The molecule has 0 aliphatic carbocycles. The molecule has 1 aromatic heterocycles. The second kappa shape index (κ2) is 7.55. The maximum Gasteiger partial charge on any atom is 0.349 e. The summed E-state index contributed by atoms with van der Waals surface area (Å²) in [6.45, 7) is 0.446. The van der Waals surface area contributed by atoms with Crippen molar-refractivity contribution >= 4 is 22.9 Å². The molecule has 0 aliphatic rings. The van der Waals surface area contributed by atoms with E-state index in [4.69, 9.17) is 4.84 Å². The van der Waals surface area contributed by atoms with Gasteiger partial charge >= 0.3 is 5.97 Å². The minimum absolute atomic E-state index is 0.173. The average molecular weight is 338 g/mol. The molecule has 1 heterocycles. The van der Waals surface area contributed by atoms with E-state index in [0.29, 0.717) is 13.0 Å². The Labute approximate surface area is 144 Å². The number of aromatic amines is 1. The highest BCUT2D eigenvalue weighted by molar-refractivity contribution is 5.87. The molecule has 6 nitrogen and oxygen atoms in total.